The Hall–Kier alpha value is -3.51. The van der Waals surface area contributed by atoms with Gasteiger partial charge in [0, 0.05) is 29.9 Å². The van der Waals surface area contributed by atoms with Crippen molar-refractivity contribution in [3.05, 3.63) is 78.6 Å². The Balaban J connectivity index is 1.61. The van der Waals surface area contributed by atoms with E-state index < -0.39 is 6.10 Å². The minimum Gasteiger partial charge on any atom is -0.497 e. The van der Waals surface area contributed by atoms with Crippen molar-refractivity contribution in [1.29, 1.82) is 0 Å². The summed E-state index contributed by atoms with van der Waals surface area (Å²) in [6.07, 6.45) is 2.76. The van der Waals surface area contributed by atoms with Gasteiger partial charge in [-0.05, 0) is 42.0 Å². The quantitative estimate of drug-likeness (QED) is 0.535. The molecule has 2 aromatic heterocycles. The Morgan fingerprint density at radius 1 is 0.964 bits per heavy atom. The van der Waals surface area contributed by atoms with Crippen LogP contribution in [0.4, 0.5) is 5.82 Å². The lowest BCUT2D eigenvalue weighted by atomic mass is 10.1. The van der Waals surface area contributed by atoms with Gasteiger partial charge in [0.25, 0.3) is 0 Å². The van der Waals surface area contributed by atoms with E-state index >= 15 is 0 Å². The Morgan fingerprint density at radius 2 is 1.71 bits per heavy atom. The maximum atomic E-state index is 10.5. The molecule has 0 aliphatic rings. The Bertz CT molecular complexity index is 1070. The first-order chi connectivity index (χ1) is 13.7. The van der Waals surface area contributed by atoms with Crippen molar-refractivity contribution < 1.29 is 9.84 Å². The molecule has 0 fully saturated rings. The number of methoxy groups -OCH3 is 1. The van der Waals surface area contributed by atoms with Crippen LogP contribution in [0.5, 0.6) is 5.75 Å². The normalized spacial score (nSPS) is 11.9. The van der Waals surface area contributed by atoms with E-state index in [1.807, 2.05) is 60.7 Å². The summed E-state index contributed by atoms with van der Waals surface area (Å²) in [6.45, 7) is 0.323. The fourth-order valence-electron chi connectivity index (χ4n) is 2.98. The van der Waals surface area contributed by atoms with Crippen molar-refractivity contribution in [2.45, 2.75) is 6.10 Å². The molecule has 0 spiro atoms. The molecule has 2 aromatic carbocycles. The van der Waals surface area contributed by atoms with E-state index in [1.165, 1.54) is 0 Å². The van der Waals surface area contributed by atoms with E-state index in [4.69, 9.17) is 4.74 Å². The summed E-state index contributed by atoms with van der Waals surface area (Å²) in [4.78, 5) is 13.4. The van der Waals surface area contributed by atoms with Gasteiger partial charge in [0.05, 0.1) is 18.7 Å². The van der Waals surface area contributed by atoms with Gasteiger partial charge < -0.3 is 15.2 Å². The molecular formula is C22H20N4O2. The lowest BCUT2D eigenvalue weighted by Gasteiger charge is -2.15. The predicted molar refractivity (Wildman–Crippen MR) is 109 cm³/mol. The fourth-order valence-corrected chi connectivity index (χ4v) is 2.98. The number of nitrogens with one attached hydrogen (secondary N) is 1. The van der Waals surface area contributed by atoms with Gasteiger partial charge in [-0.15, -0.1) is 0 Å². The van der Waals surface area contributed by atoms with Crippen LogP contribution in [0.25, 0.3) is 22.3 Å². The van der Waals surface area contributed by atoms with Crippen LogP contribution in [0.3, 0.4) is 0 Å². The SMILES string of the molecule is COc1ccc(C(O)CNc2nc(-c3ccncc3)nc3ccccc23)cc1. The Morgan fingerprint density at radius 3 is 2.46 bits per heavy atom. The lowest BCUT2D eigenvalue weighted by molar-refractivity contribution is 0.191. The Kier molecular flexibility index (Phi) is 5.12. The molecule has 0 aliphatic carbocycles. The van der Waals surface area contributed by atoms with Crippen molar-refractivity contribution in [2.75, 3.05) is 19.0 Å². The molecule has 0 saturated heterocycles. The molecule has 1 atom stereocenters. The van der Waals surface area contributed by atoms with Gasteiger partial charge in [0.2, 0.25) is 0 Å². The molecule has 4 aromatic rings. The number of rotatable bonds is 6. The molecule has 0 amide bonds. The summed E-state index contributed by atoms with van der Waals surface area (Å²) in [6, 6.07) is 18.9. The van der Waals surface area contributed by atoms with Crippen molar-refractivity contribution in [1.82, 2.24) is 15.0 Å². The molecule has 0 aliphatic heterocycles. The number of hydrogen-bond acceptors (Lipinski definition) is 6. The number of fused-ring (bicyclic) bond motifs is 1. The summed E-state index contributed by atoms with van der Waals surface area (Å²) < 4.78 is 5.16. The van der Waals surface area contributed by atoms with Crippen molar-refractivity contribution >= 4 is 16.7 Å². The van der Waals surface area contributed by atoms with E-state index in [0.717, 1.165) is 27.8 Å². The largest absolute Gasteiger partial charge is 0.497 e. The third kappa shape index (κ3) is 3.77. The molecule has 6 nitrogen and oxygen atoms in total. The van der Waals surface area contributed by atoms with Crippen LogP contribution in [-0.2, 0) is 0 Å². The fraction of sp³-hybridized carbons (Fsp3) is 0.136. The van der Waals surface area contributed by atoms with Crippen LogP contribution >= 0.6 is 0 Å². The highest BCUT2D eigenvalue weighted by Gasteiger charge is 2.12. The lowest BCUT2D eigenvalue weighted by Crippen LogP contribution is -2.13. The second kappa shape index (κ2) is 8.02. The molecule has 0 radical (unpaired) electrons. The number of hydrogen-bond donors (Lipinski definition) is 2. The molecule has 0 saturated carbocycles. The van der Waals surface area contributed by atoms with Crippen molar-refractivity contribution in [2.24, 2.45) is 0 Å². The van der Waals surface area contributed by atoms with Gasteiger partial charge in [-0.3, -0.25) is 4.98 Å². The van der Waals surface area contributed by atoms with Crippen LogP contribution in [0, 0.1) is 0 Å². The monoisotopic (exact) mass is 372 g/mol. The van der Waals surface area contributed by atoms with Crippen LogP contribution in [-0.4, -0.2) is 33.7 Å². The summed E-state index contributed by atoms with van der Waals surface area (Å²) in [7, 11) is 1.62. The summed E-state index contributed by atoms with van der Waals surface area (Å²) in [5.41, 5.74) is 2.53. The average molecular weight is 372 g/mol. The number of benzene rings is 2. The van der Waals surface area contributed by atoms with Crippen LogP contribution < -0.4 is 10.1 Å². The smallest absolute Gasteiger partial charge is 0.162 e. The molecule has 4 rings (SSSR count). The van der Waals surface area contributed by atoms with Crippen LogP contribution in [0.1, 0.15) is 11.7 Å². The van der Waals surface area contributed by atoms with E-state index in [9.17, 15) is 5.11 Å². The number of ether oxygens (including phenoxy) is 1. The third-order valence-corrected chi connectivity index (χ3v) is 4.51. The molecule has 1 unspecified atom stereocenters. The maximum Gasteiger partial charge on any atom is 0.162 e. The van der Waals surface area contributed by atoms with E-state index in [2.05, 4.69) is 20.3 Å². The second-order valence-corrected chi connectivity index (χ2v) is 6.32. The standard InChI is InChI=1S/C22H20N4O2/c1-28-17-8-6-15(7-9-17)20(27)14-24-22-18-4-2-3-5-19(18)25-21(26-22)16-10-12-23-13-11-16/h2-13,20,27H,14H2,1H3,(H,24,25,26). The first-order valence-electron chi connectivity index (χ1n) is 8.97. The number of aliphatic hydroxyl groups is 1. The highest BCUT2D eigenvalue weighted by Crippen LogP contribution is 2.25. The molecule has 2 N–H and O–H groups in total. The third-order valence-electron chi connectivity index (χ3n) is 4.51. The minimum absolute atomic E-state index is 0.323. The molecule has 140 valence electrons. The maximum absolute atomic E-state index is 10.5. The van der Waals surface area contributed by atoms with Gasteiger partial charge in [-0.1, -0.05) is 24.3 Å². The highest BCUT2D eigenvalue weighted by atomic mass is 16.5. The molecular weight excluding hydrogens is 352 g/mol. The molecule has 0 bridgehead atoms. The van der Waals surface area contributed by atoms with E-state index in [0.29, 0.717) is 18.2 Å². The van der Waals surface area contributed by atoms with Gasteiger partial charge in [0.15, 0.2) is 5.82 Å². The second-order valence-electron chi connectivity index (χ2n) is 6.32. The van der Waals surface area contributed by atoms with Crippen molar-refractivity contribution in [3.8, 4) is 17.1 Å². The molecule has 6 heteroatoms. The zero-order valence-electron chi connectivity index (χ0n) is 15.4. The topological polar surface area (TPSA) is 80.2 Å². The first kappa shape index (κ1) is 17.9. The molecule has 28 heavy (non-hydrogen) atoms. The summed E-state index contributed by atoms with van der Waals surface area (Å²) in [5, 5.41) is 14.7. The molecule has 2 heterocycles. The zero-order valence-corrected chi connectivity index (χ0v) is 15.4. The van der Waals surface area contributed by atoms with Gasteiger partial charge >= 0.3 is 0 Å². The first-order valence-corrected chi connectivity index (χ1v) is 8.97. The van der Waals surface area contributed by atoms with E-state index in [-0.39, 0.29) is 0 Å². The minimum atomic E-state index is -0.677. The van der Waals surface area contributed by atoms with Crippen LogP contribution in [0.2, 0.25) is 0 Å². The van der Waals surface area contributed by atoms with Crippen LogP contribution in [0.15, 0.2) is 73.1 Å². The zero-order chi connectivity index (χ0) is 19.3. The number of aliphatic hydroxyl groups excluding tert-OH is 1. The highest BCUT2D eigenvalue weighted by molar-refractivity contribution is 5.90. The number of aromatic nitrogens is 3. The number of para-hydroxylation sites is 1. The summed E-state index contributed by atoms with van der Waals surface area (Å²) in [5.74, 6) is 2.06. The van der Waals surface area contributed by atoms with Gasteiger partial charge in [0.1, 0.15) is 11.6 Å². The number of anilines is 1. The van der Waals surface area contributed by atoms with Gasteiger partial charge in [-0.25, -0.2) is 9.97 Å². The Labute approximate surface area is 162 Å². The number of nitrogens with zero attached hydrogens (tertiary/aromatic N) is 3. The predicted octanol–water partition coefficient (Wildman–Crippen LogP) is 3.85. The average Bonchev–Trinajstić information content (AvgIpc) is 2.77. The number of pyridine rings is 1. The summed E-state index contributed by atoms with van der Waals surface area (Å²) >= 11 is 0. The van der Waals surface area contributed by atoms with Gasteiger partial charge in [-0.2, -0.15) is 0 Å². The van der Waals surface area contributed by atoms with Crippen molar-refractivity contribution in [3.63, 3.8) is 0 Å². The van der Waals surface area contributed by atoms with E-state index in [1.54, 1.807) is 19.5 Å².